The van der Waals surface area contributed by atoms with Crippen LogP contribution >= 0.6 is 23.1 Å². The van der Waals surface area contributed by atoms with Crippen LogP contribution in [-0.4, -0.2) is 38.0 Å². The molecule has 2 heterocycles. The van der Waals surface area contributed by atoms with Gasteiger partial charge in [-0.15, -0.1) is 23.1 Å². The van der Waals surface area contributed by atoms with Crippen molar-refractivity contribution in [2.45, 2.75) is 35.4 Å². The molecular weight excluding hydrogens is 412 g/mol. The summed E-state index contributed by atoms with van der Waals surface area (Å²) in [7, 11) is -3.39. The summed E-state index contributed by atoms with van der Waals surface area (Å²) in [6.07, 6.45) is 3.46. The molecular formula is C20H26N2O3S3. The first kappa shape index (κ1) is 21.4. The maximum absolute atomic E-state index is 12.6. The molecule has 1 aliphatic rings. The Labute approximate surface area is 175 Å². The summed E-state index contributed by atoms with van der Waals surface area (Å²) in [6, 6.07) is 11.6. The van der Waals surface area contributed by atoms with Crippen LogP contribution in [0.25, 0.3) is 0 Å². The van der Waals surface area contributed by atoms with Crippen molar-refractivity contribution in [2.75, 3.05) is 19.3 Å². The zero-order valence-electron chi connectivity index (χ0n) is 16.1. The standard InChI is InChI=1S/C20H26N2O3S3/c1-15(20(23)21-14-16-5-7-18(26-2)8-6-16)17-9-11-22(12-10-17)28(24,25)19-4-3-13-27-19/h3-8,13,15,17H,9-12,14H2,1-2H3,(H,21,23)/t15-/m1/s1. The zero-order chi connectivity index (χ0) is 20.1. The van der Waals surface area contributed by atoms with Crippen molar-refractivity contribution < 1.29 is 13.2 Å². The van der Waals surface area contributed by atoms with Crippen molar-refractivity contribution in [3.63, 3.8) is 0 Å². The number of piperidine rings is 1. The van der Waals surface area contributed by atoms with Crippen molar-refractivity contribution in [3.8, 4) is 0 Å². The Morgan fingerprint density at radius 3 is 2.50 bits per heavy atom. The van der Waals surface area contributed by atoms with E-state index in [-0.39, 0.29) is 17.7 Å². The van der Waals surface area contributed by atoms with E-state index >= 15 is 0 Å². The Hall–Kier alpha value is -1.35. The van der Waals surface area contributed by atoms with Crippen LogP contribution in [0.15, 0.2) is 50.9 Å². The third-order valence-electron chi connectivity index (χ3n) is 5.33. The van der Waals surface area contributed by atoms with Gasteiger partial charge in [-0.3, -0.25) is 4.79 Å². The first-order valence-electron chi connectivity index (χ1n) is 9.36. The van der Waals surface area contributed by atoms with Gasteiger partial charge in [-0.05, 0) is 54.2 Å². The van der Waals surface area contributed by atoms with Crippen LogP contribution in [0.4, 0.5) is 0 Å². The normalized spacial score (nSPS) is 17.4. The fraction of sp³-hybridized carbons (Fsp3) is 0.450. The van der Waals surface area contributed by atoms with Gasteiger partial charge >= 0.3 is 0 Å². The number of thiophene rings is 1. The number of nitrogens with zero attached hydrogens (tertiary/aromatic N) is 1. The molecule has 1 amide bonds. The summed E-state index contributed by atoms with van der Waals surface area (Å²) in [5.74, 6) is 0.110. The fourth-order valence-corrected chi connectivity index (χ4v) is 6.48. The Kier molecular flexibility index (Phi) is 7.20. The van der Waals surface area contributed by atoms with E-state index in [2.05, 4.69) is 17.4 Å². The van der Waals surface area contributed by atoms with Gasteiger partial charge in [-0.2, -0.15) is 4.31 Å². The van der Waals surface area contributed by atoms with Crippen molar-refractivity contribution in [2.24, 2.45) is 11.8 Å². The number of sulfonamides is 1. The first-order chi connectivity index (χ1) is 13.4. The van der Waals surface area contributed by atoms with E-state index in [1.54, 1.807) is 33.6 Å². The van der Waals surface area contributed by atoms with E-state index in [0.717, 1.165) is 5.56 Å². The van der Waals surface area contributed by atoms with E-state index in [1.165, 1.54) is 16.2 Å². The van der Waals surface area contributed by atoms with Gasteiger partial charge in [0, 0.05) is 30.4 Å². The molecule has 1 aromatic carbocycles. The number of hydrogen-bond donors (Lipinski definition) is 1. The van der Waals surface area contributed by atoms with E-state index in [9.17, 15) is 13.2 Å². The Bertz CT molecular complexity index is 872. The number of thioether (sulfide) groups is 1. The van der Waals surface area contributed by atoms with Gasteiger partial charge in [0.1, 0.15) is 4.21 Å². The molecule has 28 heavy (non-hydrogen) atoms. The van der Waals surface area contributed by atoms with Crippen molar-refractivity contribution in [3.05, 3.63) is 47.3 Å². The van der Waals surface area contributed by atoms with Crippen LogP contribution in [0, 0.1) is 11.8 Å². The lowest BCUT2D eigenvalue weighted by atomic mass is 9.85. The highest BCUT2D eigenvalue weighted by atomic mass is 32.2. The Morgan fingerprint density at radius 2 is 1.93 bits per heavy atom. The molecule has 1 atom stereocenters. The first-order valence-corrected chi connectivity index (χ1v) is 12.9. The van der Waals surface area contributed by atoms with Gasteiger partial charge in [-0.25, -0.2) is 8.42 Å². The zero-order valence-corrected chi connectivity index (χ0v) is 18.6. The SMILES string of the molecule is CSc1ccc(CNC(=O)[C@H](C)C2CCN(S(=O)(=O)c3cccs3)CC2)cc1. The molecule has 1 saturated heterocycles. The molecule has 1 aliphatic heterocycles. The minimum atomic E-state index is -3.39. The van der Waals surface area contributed by atoms with Crippen LogP contribution < -0.4 is 5.32 Å². The minimum absolute atomic E-state index is 0.0357. The van der Waals surface area contributed by atoms with Crippen LogP contribution in [0.3, 0.4) is 0 Å². The topological polar surface area (TPSA) is 66.5 Å². The second kappa shape index (κ2) is 9.43. The lowest BCUT2D eigenvalue weighted by Crippen LogP contribution is -2.42. The summed E-state index contributed by atoms with van der Waals surface area (Å²) in [6.45, 7) is 3.40. The maximum atomic E-state index is 12.6. The fourth-order valence-electron chi connectivity index (χ4n) is 3.46. The predicted octanol–water partition coefficient (Wildman–Crippen LogP) is 3.82. The molecule has 0 spiro atoms. The van der Waals surface area contributed by atoms with Crippen molar-refractivity contribution in [1.29, 1.82) is 0 Å². The molecule has 1 fully saturated rings. The summed E-state index contributed by atoms with van der Waals surface area (Å²) < 4.78 is 27.2. The van der Waals surface area contributed by atoms with Gasteiger partial charge < -0.3 is 5.32 Å². The van der Waals surface area contributed by atoms with E-state index in [4.69, 9.17) is 0 Å². The van der Waals surface area contributed by atoms with Crippen LogP contribution in [0.5, 0.6) is 0 Å². The number of amides is 1. The number of rotatable bonds is 7. The third kappa shape index (κ3) is 4.97. The summed E-state index contributed by atoms with van der Waals surface area (Å²) in [5.41, 5.74) is 1.08. The molecule has 1 N–H and O–H groups in total. The van der Waals surface area contributed by atoms with E-state index < -0.39 is 10.0 Å². The van der Waals surface area contributed by atoms with Crippen LogP contribution in [-0.2, 0) is 21.4 Å². The van der Waals surface area contributed by atoms with Gasteiger partial charge in [0.05, 0.1) is 0 Å². The molecule has 152 valence electrons. The molecule has 1 aromatic heterocycles. The summed E-state index contributed by atoms with van der Waals surface area (Å²) in [5, 5.41) is 4.80. The monoisotopic (exact) mass is 438 g/mol. The number of carbonyl (C=O) groups excluding carboxylic acids is 1. The average molecular weight is 439 g/mol. The molecule has 5 nitrogen and oxygen atoms in total. The van der Waals surface area contributed by atoms with Gasteiger partial charge in [0.2, 0.25) is 5.91 Å². The van der Waals surface area contributed by atoms with Gasteiger partial charge in [0.25, 0.3) is 10.0 Å². The van der Waals surface area contributed by atoms with E-state index in [0.29, 0.717) is 36.7 Å². The lowest BCUT2D eigenvalue weighted by Gasteiger charge is -2.33. The highest BCUT2D eigenvalue weighted by molar-refractivity contribution is 7.98. The minimum Gasteiger partial charge on any atom is -0.352 e. The molecule has 8 heteroatoms. The van der Waals surface area contributed by atoms with Crippen LogP contribution in [0.2, 0.25) is 0 Å². The predicted molar refractivity (Wildman–Crippen MR) is 115 cm³/mol. The molecule has 0 bridgehead atoms. The number of hydrogen-bond acceptors (Lipinski definition) is 5. The smallest absolute Gasteiger partial charge is 0.252 e. The average Bonchev–Trinajstić information content (AvgIpc) is 3.28. The van der Waals surface area contributed by atoms with Crippen molar-refractivity contribution in [1.82, 2.24) is 9.62 Å². The van der Waals surface area contributed by atoms with Crippen molar-refractivity contribution >= 4 is 39.0 Å². The molecule has 0 radical (unpaired) electrons. The number of benzene rings is 1. The summed E-state index contributed by atoms with van der Waals surface area (Å²) >= 11 is 2.94. The Balaban J connectivity index is 1.50. The highest BCUT2D eigenvalue weighted by Gasteiger charge is 2.33. The maximum Gasteiger partial charge on any atom is 0.252 e. The largest absolute Gasteiger partial charge is 0.352 e. The van der Waals surface area contributed by atoms with Crippen LogP contribution in [0.1, 0.15) is 25.3 Å². The number of carbonyl (C=O) groups is 1. The second-order valence-corrected chi connectivity index (χ2v) is 11.0. The third-order valence-corrected chi connectivity index (χ3v) is 9.35. The molecule has 0 unspecified atom stereocenters. The van der Waals surface area contributed by atoms with E-state index in [1.807, 2.05) is 25.3 Å². The molecule has 0 aliphatic carbocycles. The summed E-state index contributed by atoms with van der Waals surface area (Å²) in [4.78, 5) is 13.8. The second-order valence-electron chi connectivity index (χ2n) is 7.03. The highest BCUT2D eigenvalue weighted by Crippen LogP contribution is 2.30. The molecule has 2 aromatic rings. The Morgan fingerprint density at radius 1 is 1.25 bits per heavy atom. The van der Waals surface area contributed by atoms with Gasteiger partial charge in [-0.1, -0.05) is 25.1 Å². The molecule has 3 rings (SSSR count). The quantitative estimate of drug-likeness (QED) is 0.668. The molecule has 0 saturated carbocycles. The number of nitrogens with one attached hydrogen (secondary N) is 1. The van der Waals surface area contributed by atoms with Gasteiger partial charge in [0.15, 0.2) is 0 Å². The lowest BCUT2D eigenvalue weighted by molar-refractivity contribution is -0.126.